The first kappa shape index (κ1) is 27.9. The van der Waals surface area contributed by atoms with Gasteiger partial charge in [0.2, 0.25) is 0 Å². The SMILES string of the molecule is CON/C(=C/Cc1ccc(OC(C)(C)C(=O)O)c(Cl)c1Cl)c1ccc(-c2ccc(C(F)(F)F)cc2)s1. The van der Waals surface area contributed by atoms with Gasteiger partial charge in [-0.05, 0) is 61.7 Å². The number of carboxylic acid groups (broad SMARTS) is 1. The predicted molar refractivity (Wildman–Crippen MR) is 135 cm³/mol. The van der Waals surface area contributed by atoms with Crippen LogP contribution in [-0.4, -0.2) is 23.8 Å². The van der Waals surface area contributed by atoms with Crippen molar-refractivity contribution in [1.29, 1.82) is 0 Å². The molecule has 0 saturated heterocycles. The highest BCUT2D eigenvalue weighted by molar-refractivity contribution is 7.16. The van der Waals surface area contributed by atoms with Gasteiger partial charge in [-0.25, -0.2) is 4.79 Å². The molecule has 0 saturated carbocycles. The molecule has 5 nitrogen and oxygen atoms in total. The molecule has 0 amide bonds. The molecular formula is C25H22Cl2F3NO4S. The summed E-state index contributed by atoms with van der Waals surface area (Å²) in [5, 5.41) is 9.59. The number of hydrogen-bond acceptors (Lipinski definition) is 5. The fourth-order valence-corrected chi connectivity index (χ4v) is 4.56. The molecule has 1 heterocycles. The molecule has 0 fully saturated rings. The van der Waals surface area contributed by atoms with Gasteiger partial charge in [0.1, 0.15) is 10.8 Å². The third-order valence-corrected chi connectivity index (χ3v) is 7.18. The van der Waals surface area contributed by atoms with Crippen molar-refractivity contribution in [1.82, 2.24) is 5.48 Å². The van der Waals surface area contributed by atoms with Crippen LogP contribution in [0.15, 0.2) is 54.6 Å². The van der Waals surface area contributed by atoms with E-state index < -0.39 is 23.3 Å². The Morgan fingerprint density at radius 3 is 2.31 bits per heavy atom. The Morgan fingerprint density at radius 1 is 1.06 bits per heavy atom. The minimum atomic E-state index is -4.39. The molecule has 2 N–H and O–H groups in total. The van der Waals surface area contributed by atoms with Crippen molar-refractivity contribution in [3.63, 3.8) is 0 Å². The summed E-state index contributed by atoms with van der Waals surface area (Å²) in [4.78, 5) is 18.0. The van der Waals surface area contributed by atoms with Crippen LogP contribution in [0.1, 0.15) is 29.9 Å². The Morgan fingerprint density at radius 2 is 1.72 bits per heavy atom. The average molecular weight is 560 g/mol. The van der Waals surface area contributed by atoms with Crippen LogP contribution < -0.4 is 10.2 Å². The van der Waals surface area contributed by atoms with Crippen molar-refractivity contribution < 1.29 is 32.6 Å². The Bertz CT molecular complexity index is 1270. The van der Waals surface area contributed by atoms with Gasteiger partial charge >= 0.3 is 12.1 Å². The molecule has 0 radical (unpaired) electrons. The lowest BCUT2D eigenvalue weighted by atomic mass is 10.1. The second-order valence-corrected chi connectivity index (χ2v) is 9.98. The normalized spacial score (nSPS) is 12.5. The number of ether oxygens (including phenoxy) is 1. The van der Waals surface area contributed by atoms with Gasteiger partial charge in [0, 0.05) is 4.88 Å². The Kier molecular flexibility index (Phi) is 8.61. The van der Waals surface area contributed by atoms with Crippen LogP contribution in [0.4, 0.5) is 13.2 Å². The summed E-state index contributed by atoms with van der Waals surface area (Å²) >= 11 is 14.1. The summed E-state index contributed by atoms with van der Waals surface area (Å²) in [6, 6.07) is 11.9. The van der Waals surface area contributed by atoms with E-state index in [1.54, 1.807) is 12.1 Å². The van der Waals surface area contributed by atoms with Crippen LogP contribution in [0.5, 0.6) is 5.75 Å². The quantitative estimate of drug-likeness (QED) is 0.263. The lowest BCUT2D eigenvalue weighted by Gasteiger charge is -2.23. The minimum Gasteiger partial charge on any atom is -0.478 e. The van der Waals surface area contributed by atoms with Crippen molar-refractivity contribution in [2.75, 3.05) is 7.11 Å². The van der Waals surface area contributed by atoms with Crippen molar-refractivity contribution in [2.45, 2.75) is 32.0 Å². The second-order valence-electron chi connectivity index (χ2n) is 8.14. The van der Waals surface area contributed by atoms with E-state index in [0.717, 1.165) is 21.9 Å². The molecule has 0 aliphatic heterocycles. The fourth-order valence-electron chi connectivity index (χ4n) is 3.10. The molecule has 3 rings (SSSR count). The van der Waals surface area contributed by atoms with Gasteiger partial charge in [-0.1, -0.05) is 47.5 Å². The van der Waals surface area contributed by atoms with Gasteiger partial charge in [-0.15, -0.1) is 11.3 Å². The summed E-state index contributed by atoms with van der Waals surface area (Å²) in [7, 11) is 1.46. The van der Waals surface area contributed by atoms with Gasteiger partial charge < -0.3 is 9.84 Å². The number of benzene rings is 2. The fraction of sp³-hybridized carbons (Fsp3) is 0.240. The van der Waals surface area contributed by atoms with Gasteiger partial charge in [0.05, 0.1) is 28.3 Å². The molecule has 0 spiro atoms. The summed E-state index contributed by atoms with van der Waals surface area (Å²) in [5.74, 6) is -1.000. The van der Waals surface area contributed by atoms with E-state index in [-0.39, 0.29) is 15.8 Å². The number of rotatable bonds is 9. The van der Waals surface area contributed by atoms with E-state index in [2.05, 4.69) is 5.48 Å². The van der Waals surface area contributed by atoms with Gasteiger partial charge in [-0.3, -0.25) is 10.3 Å². The minimum absolute atomic E-state index is 0.0962. The third kappa shape index (κ3) is 6.53. The van der Waals surface area contributed by atoms with Crippen LogP contribution >= 0.6 is 34.5 Å². The highest BCUT2D eigenvalue weighted by Gasteiger charge is 2.31. The third-order valence-electron chi connectivity index (χ3n) is 5.11. The number of hydrogen-bond donors (Lipinski definition) is 2. The van der Waals surface area contributed by atoms with E-state index in [1.807, 2.05) is 18.2 Å². The molecule has 0 aliphatic rings. The molecule has 3 aromatic rings. The lowest BCUT2D eigenvalue weighted by Crippen LogP contribution is -2.37. The summed E-state index contributed by atoms with van der Waals surface area (Å²) in [6.45, 7) is 2.80. The van der Waals surface area contributed by atoms with E-state index >= 15 is 0 Å². The zero-order valence-electron chi connectivity index (χ0n) is 19.4. The first-order valence-electron chi connectivity index (χ1n) is 10.5. The monoisotopic (exact) mass is 559 g/mol. The Balaban J connectivity index is 1.83. The molecule has 36 heavy (non-hydrogen) atoms. The summed E-state index contributed by atoms with van der Waals surface area (Å²) in [5.41, 5.74) is 2.56. The average Bonchev–Trinajstić information content (AvgIpc) is 3.30. The van der Waals surface area contributed by atoms with Crippen LogP contribution in [0.25, 0.3) is 16.1 Å². The highest BCUT2D eigenvalue weighted by Crippen LogP contribution is 2.38. The number of carboxylic acids is 1. The van der Waals surface area contributed by atoms with Gasteiger partial charge in [0.15, 0.2) is 5.60 Å². The first-order valence-corrected chi connectivity index (χ1v) is 12.1. The Hall–Kier alpha value is -2.72. The number of hydroxylamine groups is 1. The number of allylic oxidation sites excluding steroid dienone is 1. The molecule has 192 valence electrons. The zero-order chi connectivity index (χ0) is 26.7. The molecule has 0 unspecified atom stereocenters. The molecule has 0 atom stereocenters. The van der Waals surface area contributed by atoms with Crippen molar-refractivity contribution in [3.8, 4) is 16.2 Å². The van der Waals surface area contributed by atoms with Crippen molar-refractivity contribution in [3.05, 3.63) is 80.7 Å². The number of halogens is 5. The number of aliphatic carboxylic acids is 1. The number of thiophene rings is 1. The maximum atomic E-state index is 12.8. The summed E-state index contributed by atoms with van der Waals surface area (Å²) in [6.07, 6.45) is -2.22. The molecule has 1 aromatic heterocycles. The van der Waals surface area contributed by atoms with E-state index in [9.17, 15) is 23.1 Å². The maximum absolute atomic E-state index is 12.8. The van der Waals surface area contributed by atoms with Crippen molar-refractivity contribution in [2.24, 2.45) is 0 Å². The Labute approximate surface area is 220 Å². The zero-order valence-corrected chi connectivity index (χ0v) is 21.7. The van der Waals surface area contributed by atoms with E-state index in [1.165, 1.54) is 44.4 Å². The standard InChI is InChI=1S/C25H22Cl2F3NO4S/c1-24(2,23(32)33)35-18-11-7-15(21(26)22(18)27)6-10-17(31-34-3)20-13-12-19(36-20)14-4-8-16(9-5-14)25(28,29)30/h4-5,7-13,31H,6H2,1-3H3,(H,32,33)/b17-10+. The number of nitrogens with one attached hydrogen (secondary N) is 1. The molecule has 11 heteroatoms. The second kappa shape index (κ2) is 11.1. The van der Waals surface area contributed by atoms with Gasteiger partial charge in [-0.2, -0.15) is 13.2 Å². The number of carbonyl (C=O) groups is 1. The largest absolute Gasteiger partial charge is 0.478 e. The van der Waals surface area contributed by atoms with E-state index in [4.69, 9.17) is 32.8 Å². The highest BCUT2D eigenvalue weighted by atomic mass is 35.5. The smallest absolute Gasteiger partial charge is 0.416 e. The first-order chi connectivity index (χ1) is 16.8. The summed E-state index contributed by atoms with van der Waals surface area (Å²) < 4.78 is 44.0. The maximum Gasteiger partial charge on any atom is 0.416 e. The van der Waals surface area contributed by atoms with Crippen LogP contribution in [0, 0.1) is 0 Å². The van der Waals surface area contributed by atoms with Crippen LogP contribution in [0.3, 0.4) is 0 Å². The van der Waals surface area contributed by atoms with Gasteiger partial charge in [0.25, 0.3) is 0 Å². The number of alkyl halides is 3. The molecular weight excluding hydrogens is 538 g/mol. The van der Waals surface area contributed by atoms with Crippen LogP contribution in [-0.2, 0) is 22.2 Å². The van der Waals surface area contributed by atoms with Crippen molar-refractivity contribution >= 4 is 46.2 Å². The van der Waals surface area contributed by atoms with E-state index in [0.29, 0.717) is 23.2 Å². The molecule has 0 bridgehead atoms. The van der Waals surface area contributed by atoms with Crippen LogP contribution in [0.2, 0.25) is 10.0 Å². The topological polar surface area (TPSA) is 67.8 Å². The lowest BCUT2D eigenvalue weighted by molar-refractivity contribution is -0.152. The predicted octanol–water partition coefficient (Wildman–Crippen LogP) is 7.72. The molecule has 2 aromatic carbocycles. The molecule has 0 aliphatic carbocycles.